The van der Waals surface area contributed by atoms with Gasteiger partial charge in [0, 0.05) is 18.0 Å². The molecule has 1 fully saturated rings. The van der Waals surface area contributed by atoms with Crippen LogP contribution in [0.2, 0.25) is 0 Å². The van der Waals surface area contributed by atoms with Crippen LogP contribution in [0.1, 0.15) is 39.0 Å². The van der Waals surface area contributed by atoms with Gasteiger partial charge in [0.25, 0.3) is 0 Å². The number of nitrogens with one attached hydrogen (secondary N) is 1. The van der Waals surface area contributed by atoms with Crippen LogP contribution < -0.4 is 11.1 Å². The quantitative estimate of drug-likeness (QED) is 0.652. The third-order valence-electron chi connectivity index (χ3n) is 2.79. The minimum atomic E-state index is -0.210. The fourth-order valence-electron chi connectivity index (χ4n) is 1.76. The monoisotopic (exact) mass is 196 g/mol. The van der Waals surface area contributed by atoms with Crippen LogP contribution in [0.15, 0.2) is 12.7 Å². The summed E-state index contributed by atoms with van der Waals surface area (Å²) in [6.45, 7) is 5.61. The molecular weight excluding hydrogens is 176 g/mol. The number of amides is 1. The van der Waals surface area contributed by atoms with Gasteiger partial charge in [-0.05, 0) is 32.6 Å². The summed E-state index contributed by atoms with van der Waals surface area (Å²) >= 11 is 0. The molecule has 0 radical (unpaired) electrons. The van der Waals surface area contributed by atoms with Crippen molar-refractivity contribution in [1.29, 1.82) is 0 Å². The van der Waals surface area contributed by atoms with Gasteiger partial charge in [-0.25, -0.2) is 0 Å². The minimum Gasteiger partial charge on any atom is -0.353 e. The van der Waals surface area contributed by atoms with E-state index in [0.29, 0.717) is 6.42 Å². The van der Waals surface area contributed by atoms with Crippen molar-refractivity contribution in [2.24, 2.45) is 5.73 Å². The summed E-state index contributed by atoms with van der Waals surface area (Å²) < 4.78 is 0. The van der Waals surface area contributed by atoms with E-state index >= 15 is 0 Å². The number of hydrogen-bond acceptors (Lipinski definition) is 2. The second-order valence-corrected chi connectivity index (χ2v) is 4.39. The highest BCUT2D eigenvalue weighted by Crippen LogP contribution is 2.31. The summed E-state index contributed by atoms with van der Waals surface area (Å²) in [6, 6.07) is 0.170. The molecule has 0 aromatic heterocycles. The first-order valence-electron chi connectivity index (χ1n) is 5.25. The van der Waals surface area contributed by atoms with Crippen molar-refractivity contribution in [3.05, 3.63) is 12.7 Å². The van der Waals surface area contributed by atoms with Crippen molar-refractivity contribution in [3.63, 3.8) is 0 Å². The Kier molecular flexibility index (Phi) is 3.69. The number of carbonyl (C=O) groups is 1. The molecule has 1 unspecified atom stereocenters. The van der Waals surface area contributed by atoms with Gasteiger partial charge >= 0.3 is 0 Å². The molecular formula is C11H20N2O. The van der Waals surface area contributed by atoms with Crippen molar-refractivity contribution in [1.82, 2.24) is 5.32 Å². The summed E-state index contributed by atoms with van der Waals surface area (Å²) in [5.74, 6) is 0.0709. The second-order valence-electron chi connectivity index (χ2n) is 4.39. The maximum Gasteiger partial charge on any atom is 0.222 e. The fourth-order valence-corrected chi connectivity index (χ4v) is 1.76. The van der Waals surface area contributed by atoms with E-state index in [2.05, 4.69) is 11.9 Å². The van der Waals surface area contributed by atoms with Gasteiger partial charge in [0.05, 0.1) is 0 Å². The molecule has 3 N–H and O–H groups in total. The largest absolute Gasteiger partial charge is 0.353 e. The van der Waals surface area contributed by atoms with Gasteiger partial charge in [0.2, 0.25) is 5.91 Å². The number of nitrogens with two attached hydrogens (primary N) is 1. The maximum atomic E-state index is 11.5. The molecule has 1 aliphatic carbocycles. The Labute approximate surface area is 85.7 Å². The van der Waals surface area contributed by atoms with E-state index < -0.39 is 0 Å². The highest BCUT2D eigenvalue weighted by Gasteiger charge is 2.34. The van der Waals surface area contributed by atoms with Crippen molar-refractivity contribution in [2.45, 2.75) is 50.6 Å². The van der Waals surface area contributed by atoms with E-state index in [1.165, 1.54) is 0 Å². The van der Waals surface area contributed by atoms with E-state index in [1.54, 1.807) is 0 Å². The molecule has 14 heavy (non-hydrogen) atoms. The fraction of sp³-hybridized carbons (Fsp3) is 0.727. The zero-order chi connectivity index (χ0) is 10.6. The summed E-state index contributed by atoms with van der Waals surface area (Å²) in [4.78, 5) is 11.5. The van der Waals surface area contributed by atoms with Crippen LogP contribution in [0, 0.1) is 0 Å². The van der Waals surface area contributed by atoms with Gasteiger partial charge in [-0.15, -0.1) is 6.58 Å². The highest BCUT2D eigenvalue weighted by molar-refractivity contribution is 5.77. The Morgan fingerprint density at radius 1 is 1.71 bits per heavy atom. The van der Waals surface area contributed by atoms with E-state index in [-0.39, 0.29) is 17.5 Å². The van der Waals surface area contributed by atoms with Gasteiger partial charge < -0.3 is 11.1 Å². The molecule has 1 atom stereocenters. The van der Waals surface area contributed by atoms with Gasteiger partial charge in [0.1, 0.15) is 0 Å². The van der Waals surface area contributed by atoms with Crippen LogP contribution in [0.4, 0.5) is 0 Å². The summed E-state index contributed by atoms with van der Waals surface area (Å²) in [7, 11) is 0. The molecule has 0 aromatic rings. The highest BCUT2D eigenvalue weighted by atomic mass is 16.1. The summed E-state index contributed by atoms with van der Waals surface area (Å²) in [5.41, 5.74) is 5.76. The first-order valence-corrected chi connectivity index (χ1v) is 5.25. The average Bonchev–Trinajstić information content (AvgIpc) is 2.01. The molecule has 1 aliphatic rings. The van der Waals surface area contributed by atoms with Crippen LogP contribution in [0.5, 0.6) is 0 Å². The molecule has 0 saturated heterocycles. The van der Waals surface area contributed by atoms with Crippen LogP contribution in [0.25, 0.3) is 0 Å². The van der Waals surface area contributed by atoms with Crippen LogP contribution >= 0.6 is 0 Å². The normalized spacial score (nSPS) is 20.7. The van der Waals surface area contributed by atoms with Gasteiger partial charge in [-0.3, -0.25) is 4.79 Å². The zero-order valence-corrected chi connectivity index (χ0v) is 8.88. The Balaban J connectivity index is 2.24. The molecule has 1 rings (SSSR count). The third kappa shape index (κ3) is 3.14. The Morgan fingerprint density at radius 3 is 2.79 bits per heavy atom. The van der Waals surface area contributed by atoms with Gasteiger partial charge in [-0.1, -0.05) is 6.08 Å². The predicted octanol–water partition coefficient (Wildman–Crippen LogP) is 1.34. The lowest BCUT2D eigenvalue weighted by Crippen LogP contribution is -2.50. The maximum absolute atomic E-state index is 11.5. The van der Waals surface area contributed by atoms with Crippen molar-refractivity contribution < 1.29 is 4.79 Å². The topological polar surface area (TPSA) is 55.1 Å². The van der Waals surface area contributed by atoms with Crippen LogP contribution in [-0.4, -0.2) is 17.5 Å². The molecule has 1 saturated carbocycles. The lowest BCUT2D eigenvalue weighted by Gasteiger charge is -2.37. The molecule has 80 valence electrons. The number of hydrogen-bond donors (Lipinski definition) is 2. The minimum absolute atomic E-state index is 0.0709. The van der Waals surface area contributed by atoms with E-state index in [9.17, 15) is 4.79 Å². The van der Waals surface area contributed by atoms with Crippen molar-refractivity contribution in [3.8, 4) is 0 Å². The molecule has 3 heteroatoms. The molecule has 0 spiro atoms. The molecule has 1 amide bonds. The standard InChI is InChI=1S/C11H20N2O/c1-3-5-9(2)13-10(14)8-11(12)6-4-7-11/h3,9H,1,4-8,12H2,2H3,(H,13,14). The molecule has 3 nitrogen and oxygen atoms in total. The molecule has 0 aromatic carbocycles. The first-order chi connectivity index (χ1) is 6.56. The SMILES string of the molecule is C=CCC(C)NC(=O)CC1(N)CCC1. The number of carbonyl (C=O) groups excluding carboxylic acids is 1. The second kappa shape index (κ2) is 4.60. The van der Waals surface area contributed by atoms with Crippen LogP contribution in [0.3, 0.4) is 0 Å². The summed E-state index contributed by atoms with van der Waals surface area (Å²) in [6.07, 6.45) is 6.21. The van der Waals surface area contributed by atoms with Crippen LogP contribution in [-0.2, 0) is 4.79 Å². The molecule has 0 aliphatic heterocycles. The number of rotatable bonds is 5. The zero-order valence-electron chi connectivity index (χ0n) is 8.88. The Morgan fingerprint density at radius 2 is 2.36 bits per heavy atom. The van der Waals surface area contributed by atoms with Crippen molar-refractivity contribution >= 4 is 5.91 Å². The lowest BCUT2D eigenvalue weighted by atomic mass is 9.75. The third-order valence-corrected chi connectivity index (χ3v) is 2.79. The van der Waals surface area contributed by atoms with Gasteiger partial charge in [0.15, 0.2) is 0 Å². The Hall–Kier alpha value is -0.830. The average molecular weight is 196 g/mol. The van der Waals surface area contributed by atoms with Crippen molar-refractivity contribution in [2.75, 3.05) is 0 Å². The smallest absolute Gasteiger partial charge is 0.222 e. The summed E-state index contributed by atoms with van der Waals surface area (Å²) in [5, 5.41) is 2.91. The van der Waals surface area contributed by atoms with Gasteiger partial charge in [-0.2, -0.15) is 0 Å². The molecule has 0 bridgehead atoms. The molecule has 0 heterocycles. The van der Waals surface area contributed by atoms with E-state index in [0.717, 1.165) is 25.7 Å². The predicted molar refractivity (Wildman–Crippen MR) is 57.8 cm³/mol. The lowest BCUT2D eigenvalue weighted by molar-refractivity contribution is -0.123. The Bertz CT molecular complexity index is 221. The van der Waals surface area contributed by atoms with E-state index in [4.69, 9.17) is 5.73 Å². The van der Waals surface area contributed by atoms with E-state index in [1.807, 2.05) is 13.0 Å². The first kappa shape index (κ1) is 11.2.